The van der Waals surface area contributed by atoms with Crippen LogP contribution in [0.1, 0.15) is 52.8 Å². The van der Waals surface area contributed by atoms with Gasteiger partial charge in [-0.2, -0.15) is 5.26 Å². The topological polar surface area (TPSA) is 110 Å². The van der Waals surface area contributed by atoms with E-state index < -0.39 is 41.4 Å². The number of carbonyl (C=O) groups is 1. The molecule has 1 aliphatic rings. The van der Waals surface area contributed by atoms with E-state index in [-0.39, 0.29) is 51.7 Å². The number of halogens is 4. The number of nitrogens with zero attached hydrogens (tertiary/aromatic N) is 4. The molecule has 2 aromatic heterocycles. The van der Waals surface area contributed by atoms with Gasteiger partial charge in [0.05, 0.1) is 58.7 Å². The van der Waals surface area contributed by atoms with E-state index in [0.29, 0.717) is 30.1 Å². The fourth-order valence-electron chi connectivity index (χ4n) is 5.61. The zero-order chi connectivity index (χ0) is 32.7. The average Bonchev–Trinajstić information content (AvgIpc) is 3.55. The molecule has 3 heterocycles. The maximum Gasteiger partial charge on any atom is 0.335 e. The summed E-state index contributed by atoms with van der Waals surface area (Å²) in [7, 11) is 0. The fourth-order valence-corrected chi connectivity index (χ4v) is 5.61. The summed E-state index contributed by atoms with van der Waals surface area (Å²) in [5.74, 6) is -4.18. The maximum absolute atomic E-state index is 15.6. The smallest absolute Gasteiger partial charge is 0.335 e. The summed E-state index contributed by atoms with van der Waals surface area (Å²) in [6.45, 7) is 4.28. The predicted molar refractivity (Wildman–Crippen MR) is 158 cm³/mol. The van der Waals surface area contributed by atoms with Crippen LogP contribution in [-0.4, -0.2) is 38.8 Å². The summed E-state index contributed by atoms with van der Waals surface area (Å²) >= 11 is 0. The molecule has 0 aliphatic carbocycles. The molecule has 1 aliphatic heterocycles. The first-order valence-electron chi connectivity index (χ1n) is 14.2. The van der Waals surface area contributed by atoms with Crippen LogP contribution >= 0.6 is 0 Å². The van der Waals surface area contributed by atoms with E-state index in [1.54, 1.807) is 12.1 Å². The Morgan fingerprint density at radius 1 is 1.04 bits per heavy atom. The summed E-state index contributed by atoms with van der Waals surface area (Å²) < 4.78 is 72.8. The number of pyridine rings is 1. The van der Waals surface area contributed by atoms with Gasteiger partial charge in [0.1, 0.15) is 35.7 Å². The van der Waals surface area contributed by atoms with E-state index in [9.17, 15) is 18.7 Å². The molecule has 0 spiro atoms. The molecule has 8 nitrogen and oxygen atoms in total. The monoisotopic (exact) mass is 630 g/mol. The molecule has 234 valence electrons. The Morgan fingerprint density at radius 3 is 2.48 bits per heavy atom. The lowest BCUT2D eigenvalue weighted by Gasteiger charge is -2.28. The molecule has 1 atom stereocenters. The number of fused-ring (bicyclic) bond motifs is 1. The third-order valence-electron chi connectivity index (χ3n) is 8.09. The fraction of sp³-hybridized carbons (Fsp3) is 0.235. The highest BCUT2D eigenvalue weighted by Gasteiger charge is 2.39. The van der Waals surface area contributed by atoms with Gasteiger partial charge in [0, 0.05) is 23.5 Å². The number of aromatic carboxylic acids is 1. The van der Waals surface area contributed by atoms with E-state index >= 15 is 8.78 Å². The second-order valence-corrected chi connectivity index (χ2v) is 11.7. The Balaban J connectivity index is 1.30. The van der Waals surface area contributed by atoms with Crippen molar-refractivity contribution in [1.82, 2.24) is 14.5 Å². The number of aromatic nitrogens is 3. The number of rotatable bonds is 8. The SMILES string of the molecule is CC1(C)COCC1n1c(Cc2cc(F)c(-c3cccc(OCc4c(F)cc(C#N)cc4F)n3)cc2F)nc2ccc(C(=O)O)cc21. The van der Waals surface area contributed by atoms with Crippen LogP contribution in [0.25, 0.3) is 22.3 Å². The van der Waals surface area contributed by atoms with Crippen molar-refractivity contribution in [2.45, 2.75) is 32.9 Å². The van der Waals surface area contributed by atoms with Crippen molar-refractivity contribution >= 4 is 17.0 Å². The molecule has 0 bridgehead atoms. The number of carboxylic acids is 1. The highest BCUT2D eigenvalue weighted by Crippen LogP contribution is 2.40. The molecule has 1 unspecified atom stereocenters. The van der Waals surface area contributed by atoms with Gasteiger partial charge in [0.2, 0.25) is 5.88 Å². The van der Waals surface area contributed by atoms with E-state index in [1.807, 2.05) is 18.4 Å². The molecule has 6 rings (SSSR count). The Morgan fingerprint density at radius 2 is 1.80 bits per heavy atom. The quantitative estimate of drug-likeness (QED) is 0.184. The van der Waals surface area contributed by atoms with E-state index in [2.05, 4.69) is 9.97 Å². The molecule has 1 fully saturated rings. The van der Waals surface area contributed by atoms with Crippen LogP contribution in [0.5, 0.6) is 5.88 Å². The summed E-state index contributed by atoms with van der Waals surface area (Å²) in [6.07, 6.45) is -0.0923. The lowest BCUT2D eigenvalue weighted by Crippen LogP contribution is -2.27. The van der Waals surface area contributed by atoms with Crippen LogP contribution in [0.4, 0.5) is 17.6 Å². The minimum Gasteiger partial charge on any atom is -0.478 e. The van der Waals surface area contributed by atoms with Crippen LogP contribution in [0.15, 0.2) is 60.7 Å². The molecule has 5 aromatic rings. The molecule has 0 saturated carbocycles. The molecular formula is C34H26F4N4O4. The van der Waals surface area contributed by atoms with Gasteiger partial charge in [-0.1, -0.05) is 19.9 Å². The first-order valence-corrected chi connectivity index (χ1v) is 14.2. The molecule has 3 aromatic carbocycles. The number of hydrogen-bond donors (Lipinski definition) is 1. The Labute approximate surface area is 260 Å². The molecule has 1 saturated heterocycles. The number of nitriles is 1. The van der Waals surface area contributed by atoms with Crippen molar-refractivity contribution in [2.24, 2.45) is 5.41 Å². The van der Waals surface area contributed by atoms with Crippen molar-refractivity contribution in [1.29, 1.82) is 5.26 Å². The van der Waals surface area contributed by atoms with Crippen molar-refractivity contribution in [3.8, 4) is 23.2 Å². The zero-order valence-electron chi connectivity index (χ0n) is 24.7. The summed E-state index contributed by atoms with van der Waals surface area (Å²) in [6, 6.07) is 14.1. The molecule has 46 heavy (non-hydrogen) atoms. The lowest BCUT2D eigenvalue weighted by atomic mass is 9.87. The minimum absolute atomic E-state index is 0.0205. The molecule has 12 heteroatoms. The summed E-state index contributed by atoms with van der Waals surface area (Å²) in [5, 5.41) is 18.5. The van der Waals surface area contributed by atoms with Gasteiger partial charge in [0.25, 0.3) is 0 Å². The van der Waals surface area contributed by atoms with Crippen molar-refractivity contribution in [3.63, 3.8) is 0 Å². The number of hydrogen-bond acceptors (Lipinski definition) is 6. The van der Waals surface area contributed by atoms with Crippen LogP contribution in [-0.2, 0) is 17.8 Å². The van der Waals surface area contributed by atoms with Crippen LogP contribution in [0, 0.1) is 40.0 Å². The van der Waals surface area contributed by atoms with Gasteiger partial charge in [-0.15, -0.1) is 0 Å². The van der Waals surface area contributed by atoms with E-state index in [0.717, 1.165) is 24.3 Å². The first kappa shape index (κ1) is 30.7. The van der Waals surface area contributed by atoms with E-state index in [4.69, 9.17) is 14.7 Å². The van der Waals surface area contributed by atoms with Gasteiger partial charge in [-0.3, -0.25) is 0 Å². The average molecular weight is 631 g/mol. The third-order valence-corrected chi connectivity index (χ3v) is 8.09. The maximum atomic E-state index is 15.6. The Hall–Kier alpha value is -5.28. The number of ether oxygens (including phenoxy) is 2. The van der Waals surface area contributed by atoms with Gasteiger partial charge < -0.3 is 19.1 Å². The largest absolute Gasteiger partial charge is 0.478 e. The van der Waals surface area contributed by atoms with Gasteiger partial charge in [-0.25, -0.2) is 32.3 Å². The van der Waals surface area contributed by atoms with Crippen molar-refractivity contribution in [3.05, 3.63) is 112 Å². The van der Waals surface area contributed by atoms with Crippen molar-refractivity contribution < 1.29 is 36.9 Å². The highest BCUT2D eigenvalue weighted by molar-refractivity contribution is 5.92. The molecule has 0 radical (unpaired) electrons. The lowest BCUT2D eigenvalue weighted by molar-refractivity contribution is 0.0697. The van der Waals surface area contributed by atoms with Crippen LogP contribution in [0.3, 0.4) is 0 Å². The number of imidazole rings is 1. The van der Waals surface area contributed by atoms with E-state index in [1.165, 1.54) is 30.3 Å². The second kappa shape index (κ2) is 11.9. The first-order chi connectivity index (χ1) is 21.9. The zero-order valence-corrected chi connectivity index (χ0v) is 24.7. The molecule has 0 amide bonds. The molecular weight excluding hydrogens is 604 g/mol. The van der Waals surface area contributed by atoms with Crippen LogP contribution in [0.2, 0.25) is 0 Å². The summed E-state index contributed by atoms with van der Waals surface area (Å²) in [5.41, 5.74) is 0.0977. The van der Waals surface area contributed by atoms with Gasteiger partial charge in [0.15, 0.2) is 0 Å². The minimum atomic E-state index is -1.10. The highest BCUT2D eigenvalue weighted by atomic mass is 19.1. The number of benzene rings is 3. The van der Waals surface area contributed by atoms with Gasteiger partial charge >= 0.3 is 5.97 Å². The van der Waals surface area contributed by atoms with Gasteiger partial charge in [-0.05, 0) is 54.1 Å². The van der Waals surface area contributed by atoms with Crippen LogP contribution < -0.4 is 4.74 Å². The predicted octanol–water partition coefficient (Wildman–Crippen LogP) is 6.99. The Kier molecular flexibility index (Phi) is 7.96. The normalized spacial score (nSPS) is 15.6. The second-order valence-electron chi connectivity index (χ2n) is 11.7. The third kappa shape index (κ3) is 5.77. The molecule has 1 N–H and O–H groups in total. The standard InChI is InChI=1S/C34H26F4N4O4/c1-34(2)17-45-16-30(34)42-29-11-19(33(43)44)6-7-28(29)40-31(42)12-20-10-26(38)21(13-23(20)35)27-4-3-5-32(41-27)46-15-22-24(36)8-18(14-39)9-25(22)37/h3-11,13,30H,12,15-17H2,1-2H3,(H,43,44). The summed E-state index contributed by atoms with van der Waals surface area (Å²) in [4.78, 5) is 20.6. The number of carboxylic acid groups (broad SMARTS) is 1. The van der Waals surface area contributed by atoms with Crippen molar-refractivity contribution in [2.75, 3.05) is 13.2 Å². The Bertz CT molecular complexity index is 2030.